The molecule has 6 nitrogen and oxygen atoms in total. The van der Waals surface area contributed by atoms with Gasteiger partial charge in [0, 0.05) is 44.3 Å². The van der Waals surface area contributed by atoms with Crippen molar-refractivity contribution < 1.29 is 27.1 Å². The number of nitrogens with zero attached hydrogens (tertiary/aromatic N) is 2. The molecule has 2 aromatic carbocycles. The van der Waals surface area contributed by atoms with Crippen LogP contribution in [0.15, 0.2) is 30.3 Å². The highest BCUT2D eigenvalue weighted by Gasteiger charge is 2.35. The van der Waals surface area contributed by atoms with Gasteiger partial charge in [0.15, 0.2) is 11.6 Å². The predicted octanol–water partition coefficient (Wildman–Crippen LogP) is 3.95. The van der Waals surface area contributed by atoms with Crippen LogP contribution in [0.2, 0.25) is 0 Å². The van der Waals surface area contributed by atoms with E-state index in [0.29, 0.717) is 24.9 Å². The van der Waals surface area contributed by atoms with E-state index in [1.165, 1.54) is 0 Å². The lowest BCUT2D eigenvalue weighted by Gasteiger charge is -2.39. The van der Waals surface area contributed by atoms with Crippen LogP contribution in [0.5, 0.6) is 5.75 Å². The van der Waals surface area contributed by atoms with Gasteiger partial charge in [-0.15, -0.1) is 0 Å². The van der Waals surface area contributed by atoms with Crippen molar-refractivity contribution >= 4 is 17.2 Å². The lowest BCUT2D eigenvalue weighted by molar-refractivity contribution is -0.0855. The maximum atomic E-state index is 14.1. The summed E-state index contributed by atoms with van der Waals surface area (Å²) < 4.78 is 60.8. The Balaban J connectivity index is 0.000000739. The number of hydrogen-bond donors (Lipinski definition) is 2. The van der Waals surface area contributed by atoms with E-state index in [4.69, 9.17) is 22.7 Å². The van der Waals surface area contributed by atoms with Crippen molar-refractivity contribution in [3.05, 3.63) is 64.7 Å². The molecular formula is C23H30F4N4O2S. The first-order valence-corrected chi connectivity index (χ1v) is 11.0. The number of hydrazine groups is 1. The molecule has 0 saturated heterocycles. The van der Waals surface area contributed by atoms with Crippen LogP contribution in [0.25, 0.3) is 0 Å². The fraction of sp³-hybridized carbons (Fsp3) is 0.435. The molecule has 34 heavy (non-hydrogen) atoms. The molecule has 1 heterocycles. The number of ether oxygens (including phenoxy) is 1. The Morgan fingerprint density at radius 2 is 1.76 bits per heavy atom. The van der Waals surface area contributed by atoms with Gasteiger partial charge in [-0.25, -0.2) is 22.6 Å². The zero-order valence-corrected chi connectivity index (χ0v) is 20.4. The van der Waals surface area contributed by atoms with Crippen molar-refractivity contribution in [3.8, 4) is 5.75 Å². The first-order valence-electron chi connectivity index (χ1n) is 10.6. The summed E-state index contributed by atoms with van der Waals surface area (Å²) in [6.07, 6.45) is 1.38. The number of thiocarbonyl (C=S) groups is 1. The van der Waals surface area contributed by atoms with Crippen molar-refractivity contribution in [1.29, 1.82) is 0 Å². The second-order valence-electron chi connectivity index (χ2n) is 7.92. The summed E-state index contributed by atoms with van der Waals surface area (Å²) >= 11 is 5.24. The quantitative estimate of drug-likeness (QED) is 0.338. The number of rotatable bonds is 7. The average molecular weight is 503 g/mol. The lowest BCUT2D eigenvalue weighted by Crippen LogP contribution is -2.46. The molecule has 2 atom stereocenters. The second kappa shape index (κ2) is 13.0. The largest absolute Gasteiger partial charge is 0.493 e. The van der Waals surface area contributed by atoms with Crippen LogP contribution >= 0.6 is 12.2 Å². The van der Waals surface area contributed by atoms with Gasteiger partial charge in [0.1, 0.15) is 22.4 Å². The number of nitrogens with two attached hydrogens (primary N) is 1. The summed E-state index contributed by atoms with van der Waals surface area (Å²) in [5.74, 6) is -3.16. The van der Waals surface area contributed by atoms with Crippen LogP contribution < -0.4 is 15.9 Å². The van der Waals surface area contributed by atoms with Crippen molar-refractivity contribution in [2.75, 3.05) is 41.4 Å². The van der Waals surface area contributed by atoms with Crippen molar-refractivity contribution in [3.63, 3.8) is 0 Å². The normalized spacial score (nSPS) is 17.0. The summed E-state index contributed by atoms with van der Waals surface area (Å²) in [7, 11) is 6.94. The van der Waals surface area contributed by atoms with E-state index in [1.807, 2.05) is 14.1 Å². The maximum absolute atomic E-state index is 14.1. The molecule has 3 rings (SSSR count). The minimum absolute atomic E-state index is 0.0299. The molecule has 2 unspecified atom stereocenters. The lowest BCUT2D eigenvalue weighted by atomic mass is 9.87. The van der Waals surface area contributed by atoms with E-state index in [0.717, 1.165) is 30.3 Å². The standard InChI is InChI=1S/C20H21F4N3OS.C3H9NO/c1-27(26-20(29)13-7-12(21)4-5-15(13)22)19-11(3-2-6-25)10-28-18-9-17(24)16(23)8-14(18)19;1-4(2)5-3/h4-5,7-9,11,19H,2-3,6,10,25H2,1H3,(H,26,29);1-3H3. The molecule has 0 fully saturated rings. The molecule has 0 saturated carbocycles. The fourth-order valence-electron chi connectivity index (χ4n) is 3.55. The topological polar surface area (TPSA) is 63.0 Å². The van der Waals surface area contributed by atoms with E-state index in [9.17, 15) is 17.6 Å². The Hall–Kier alpha value is -2.31. The molecule has 1 aliphatic heterocycles. The van der Waals surface area contributed by atoms with Crippen molar-refractivity contribution in [2.45, 2.75) is 18.9 Å². The Morgan fingerprint density at radius 3 is 2.38 bits per heavy atom. The second-order valence-corrected chi connectivity index (χ2v) is 8.33. The molecular weight excluding hydrogens is 472 g/mol. The molecule has 0 aromatic heterocycles. The smallest absolute Gasteiger partial charge is 0.162 e. The molecule has 0 aliphatic carbocycles. The van der Waals surface area contributed by atoms with Gasteiger partial charge in [-0.2, -0.15) is 5.06 Å². The summed E-state index contributed by atoms with van der Waals surface area (Å²) in [6, 6.07) is 4.64. The summed E-state index contributed by atoms with van der Waals surface area (Å²) in [4.78, 5) is 4.55. The van der Waals surface area contributed by atoms with E-state index in [2.05, 4.69) is 10.3 Å². The van der Waals surface area contributed by atoms with E-state index >= 15 is 0 Å². The third-order valence-electron chi connectivity index (χ3n) is 5.28. The monoisotopic (exact) mass is 502 g/mol. The van der Waals surface area contributed by atoms with Crippen molar-refractivity contribution in [1.82, 2.24) is 15.5 Å². The number of hydroxylamine groups is 2. The van der Waals surface area contributed by atoms with Crippen LogP contribution in [-0.2, 0) is 4.84 Å². The number of halogens is 4. The van der Waals surface area contributed by atoms with Gasteiger partial charge in [-0.05, 0) is 43.7 Å². The zero-order chi connectivity index (χ0) is 25.4. The Labute approximate surface area is 202 Å². The van der Waals surface area contributed by atoms with Gasteiger partial charge >= 0.3 is 0 Å². The van der Waals surface area contributed by atoms with Gasteiger partial charge in [-0.3, -0.25) is 0 Å². The average Bonchev–Trinajstić information content (AvgIpc) is 2.79. The molecule has 0 spiro atoms. The summed E-state index contributed by atoms with van der Waals surface area (Å²) in [5, 5.41) is 3.21. The number of fused-ring (bicyclic) bond motifs is 1. The third kappa shape index (κ3) is 7.34. The van der Waals surface area contributed by atoms with Gasteiger partial charge in [0.05, 0.1) is 19.8 Å². The Morgan fingerprint density at radius 1 is 1.12 bits per heavy atom. The molecule has 11 heteroatoms. The van der Waals surface area contributed by atoms with Gasteiger partial charge in [-0.1, -0.05) is 12.2 Å². The maximum Gasteiger partial charge on any atom is 0.162 e. The highest BCUT2D eigenvalue weighted by Crippen LogP contribution is 2.41. The minimum atomic E-state index is -1.00. The van der Waals surface area contributed by atoms with Crippen molar-refractivity contribution in [2.24, 2.45) is 11.7 Å². The Kier molecular flexibility index (Phi) is 10.6. The molecule has 0 radical (unpaired) electrons. The first kappa shape index (κ1) is 27.9. The molecule has 2 aromatic rings. The van der Waals surface area contributed by atoms with Crippen LogP contribution in [0, 0.1) is 29.2 Å². The van der Waals surface area contributed by atoms with Gasteiger partial charge in [0.25, 0.3) is 0 Å². The van der Waals surface area contributed by atoms with E-state index < -0.39 is 29.3 Å². The predicted molar refractivity (Wildman–Crippen MR) is 126 cm³/mol. The van der Waals surface area contributed by atoms with Crippen LogP contribution in [0.3, 0.4) is 0 Å². The highest BCUT2D eigenvalue weighted by atomic mass is 32.1. The summed E-state index contributed by atoms with van der Waals surface area (Å²) in [5.41, 5.74) is 8.83. The van der Waals surface area contributed by atoms with Crippen LogP contribution in [0.4, 0.5) is 17.6 Å². The van der Waals surface area contributed by atoms with E-state index in [1.54, 1.807) is 24.2 Å². The van der Waals surface area contributed by atoms with E-state index in [-0.39, 0.29) is 28.8 Å². The number of benzene rings is 2. The highest BCUT2D eigenvalue weighted by molar-refractivity contribution is 7.80. The number of hydrogen-bond acceptors (Lipinski definition) is 6. The van der Waals surface area contributed by atoms with Crippen LogP contribution in [-0.4, -0.2) is 56.5 Å². The molecule has 0 bridgehead atoms. The number of nitrogens with one attached hydrogen (secondary N) is 1. The van der Waals surface area contributed by atoms with Crippen LogP contribution in [0.1, 0.15) is 30.0 Å². The molecule has 0 amide bonds. The molecule has 188 valence electrons. The van der Waals surface area contributed by atoms with Gasteiger partial charge < -0.3 is 20.7 Å². The summed E-state index contributed by atoms with van der Waals surface area (Å²) in [6.45, 7) is 0.744. The molecule has 1 aliphatic rings. The molecule has 3 N–H and O–H groups in total. The fourth-order valence-corrected chi connectivity index (χ4v) is 3.85. The first-order chi connectivity index (χ1) is 16.1. The zero-order valence-electron chi connectivity index (χ0n) is 19.6. The third-order valence-corrected chi connectivity index (χ3v) is 5.59. The minimum Gasteiger partial charge on any atom is -0.493 e. The van der Waals surface area contributed by atoms with Gasteiger partial charge in [0.2, 0.25) is 0 Å². The Bertz CT molecular complexity index is 980. The SMILES string of the molecule is CN(NC(=S)c1cc(F)ccc1F)C1c2cc(F)c(F)cc2OCC1CCCN.CON(C)C.